The van der Waals surface area contributed by atoms with Crippen molar-refractivity contribution in [2.75, 3.05) is 29.6 Å². The number of aryl methyl sites for hydroxylation is 2. The third kappa shape index (κ3) is 3.73. The Morgan fingerprint density at radius 2 is 1.79 bits per heavy atom. The van der Waals surface area contributed by atoms with Crippen molar-refractivity contribution in [3.63, 3.8) is 0 Å². The number of hydrogen-bond donors (Lipinski definition) is 0. The van der Waals surface area contributed by atoms with Crippen molar-refractivity contribution < 1.29 is 4.79 Å². The normalized spacial score (nSPS) is 13.1. The molecule has 2 aromatic heterocycles. The second-order valence-corrected chi connectivity index (χ2v) is 10.4. The van der Waals surface area contributed by atoms with Crippen LogP contribution in [0.15, 0.2) is 45.6 Å². The lowest BCUT2D eigenvalue weighted by molar-refractivity contribution is -0.112. The summed E-state index contributed by atoms with van der Waals surface area (Å²) >= 11 is 2.69. The third-order valence-corrected chi connectivity index (χ3v) is 7.96. The molecule has 0 spiro atoms. The van der Waals surface area contributed by atoms with Crippen molar-refractivity contribution in [2.24, 2.45) is 0 Å². The molecular formula is C24H25N5O2S2. The number of rotatable bonds is 5. The van der Waals surface area contributed by atoms with Gasteiger partial charge < -0.3 is 9.80 Å². The lowest BCUT2D eigenvalue weighted by Crippen LogP contribution is -2.27. The second-order valence-electron chi connectivity index (χ2n) is 8.26. The molecule has 0 aliphatic carbocycles. The second kappa shape index (κ2) is 8.69. The van der Waals surface area contributed by atoms with E-state index in [4.69, 9.17) is 4.98 Å². The number of Topliss-reactive ketones (excluding diaryl/α,β-unsaturated/α-hetero) is 1. The minimum Gasteiger partial charge on any atom is -0.328 e. The number of carbonyl (C=O) groups excluding carboxylic acids is 1. The first-order valence-electron chi connectivity index (χ1n) is 10.6. The summed E-state index contributed by atoms with van der Waals surface area (Å²) in [4.78, 5) is 36.6. The van der Waals surface area contributed by atoms with Gasteiger partial charge in [-0.05, 0) is 45.4 Å². The van der Waals surface area contributed by atoms with Gasteiger partial charge in [0.15, 0.2) is 10.9 Å². The largest absolute Gasteiger partial charge is 0.328 e. The summed E-state index contributed by atoms with van der Waals surface area (Å²) < 4.78 is 1.64. The molecule has 0 unspecified atom stereocenters. The number of carbonyl (C=O) groups is 1. The van der Waals surface area contributed by atoms with Crippen molar-refractivity contribution >= 4 is 50.5 Å². The summed E-state index contributed by atoms with van der Waals surface area (Å²) in [7, 11) is 3.70. The van der Waals surface area contributed by atoms with E-state index in [2.05, 4.69) is 6.07 Å². The number of fused-ring (bicyclic) bond motifs is 2. The highest BCUT2D eigenvalue weighted by atomic mass is 32.2. The van der Waals surface area contributed by atoms with Crippen LogP contribution >= 0.6 is 23.1 Å². The van der Waals surface area contributed by atoms with Crippen LogP contribution in [0, 0.1) is 25.2 Å². The van der Waals surface area contributed by atoms with Crippen molar-refractivity contribution in [1.82, 2.24) is 9.55 Å². The van der Waals surface area contributed by atoms with E-state index < -0.39 is 0 Å². The zero-order valence-electron chi connectivity index (χ0n) is 19.5. The molecule has 4 rings (SSSR count). The molecule has 170 valence electrons. The maximum Gasteiger partial charge on any atom is 0.263 e. The van der Waals surface area contributed by atoms with Gasteiger partial charge in [0.2, 0.25) is 0 Å². The SMILES string of the molecule is Cc1sc2nc(SCC(=O)C(C#N)=C3N(C)c4ccccc4N3C)n(C(C)C)c(=O)c2c1C. The van der Waals surface area contributed by atoms with Gasteiger partial charge in [0.1, 0.15) is 22.3 Å². The molecule has 0 saturated heterocycles. The average Bonchev–Trinajstić information content (AvgIpc) is 3.20. The molecule has 1 aromatic carbocycles. The molecule has 0 saturated carbocycles. The standard InChI is InChI=1S/C24H25N5O2S2/c1-13(2)29-23(31)20-14(3)15(4)33-21(20)26-24(29)32-12-19(30)16(11-25)22-27(5)17-9-7-8-10-18(17)28(22)6/h7-10,13H,12H2,1-6H3. The van der Waals surface area contributed by atoms with Crippen LogP contribution in [0.3, 0.4) is 0 Å². The lowest BCUT2D eigenvalue weighted by atomic mass is 10.2. The Kier molecular flexibility index (Phi) is 6.08. The van der Waals surface area contributed by atoms with Crippen LogP contribution in [-0.2, 0) is 4.79 Å². The predicted molar refractivity (Wildman–Crippen MR) is 135 cm³/mol. The molecule has 3 heterocycles. The van der Waals surface area contributed by atoms with Crippen molar-refractivity contribution in [2.45, 2.75) is 38.9 Å². The first kappa shape index (κ1) is 23.1. The summed E-state index contributed by atoms with van der Waals surface area (Å²) in [6.45, 7) is 7.78. The van der Waals surface area contributed by atoms with Crippen molar-refractivity contribution in [1.29, 1.82) is 5.26 Å². The highest BCUT2D eigenvalue weighted by molar-refractivity contribution is 7.99. The number of nitriles is 1. The Morgan fingerprint density at radius 1 is 1.18 bits per heavy atom. The van der Waals surface area contributed by atoms with Crippen molar-refractivity contribution in [3.8, 4) is 6.07 Å². The number of anilines is 2. The Bertz CT molecular complexity index is 1380. The van der Waals surface area contributed by atoms with Gasteiger partial charge in [-0.15, -0.1) is 11.3 Å². The summed E-state index contributed by atoms with van der Waals surface area (Å²) in [6, 6.07) is 9.77. The number of thioether (sulfide) groups is 1. The summed E-state index contributed by atoms with van der Waals surface area (Å²) in [5, 5.41) is 11.0. The van der Waals surface area contributed by atoms with E-state index in [1.165, 1.54) is 23.1 Å². The van der Waals surface area contributed by atoms with Crippen LogP contribution in [0.2, 0.25) is 0 Å². The van der Waals surface area contributed by atoms with Crippen LogP contribution in [0.5, 0.6) is 0 Å². The Hall–Kier alpha value is -3.09. The number of thiophene rings is 1. The van der Waals surface area contributed by atoms with Gasteiger partial charge in [0, 0.05) is 25.0 Å². The molecule has 33 heavy (non-hydrogen) atoms. The number of hydrogen-bond acceptors (Lipinski definition) is 8. The number of para-hydroxylation sites is 2. The number of ketones is 1. The van der Waals surface area contributed by atoms with E-state index in [0.717, 1.165) is 21.8 Å². The zero-order chi connectivity index (χ0) is 24.0. The summed E-state index contributed by atoms with van der Waals surface area (Å²) in [5.41, 5.74) is 2.83. The molecule has 0 fully saturated rings. The lowest BCUT2D eigenvalue weighted by Gasteiger charge is -2.20. The van der Waals surface area contributed by atoms with Gasteiger partial charge in [-0.25, -0.2) is 4.98 Å². The Morgan fingerprint density at radius 3 is 2.33 bits per heavy atom. The molecule has 7 nitrogen and oxygen atoms in total. The minimum atomic E-state index is -0.299. The van der Waals surface area contributed by atoms with Gasteiger partial charge in [-0.2, -0.15) is 5.26 Å². The zero-order valence-corrected chi connectivity index (χ0v) is 21.1. The fraction of sp³-hybridized carbons (Fsp3) is 0.333. The van der Waals surface area contributed by atoms with Crippen LogP contribution in [0.1, 0.15) is 30.3 Å². The average molecular weight is 480 g/mol. The fourth-order valence-corrected chi connectivity index (χ4v) is 6.17. The van der Waals surface area contributed by atoms with Gasteiger partial charge in [0.05, 0.1) is 22.5 Å². The molecule has 0 N–H and O–H groups in total. The highest BCUT2D eigenvalue weighted by Gasteiger charge is 2.31. The van der Waals surface area contributed by atoms with Crippen molar-refractivity contribution in [3.05, 3.63) is 56.5 Å². The quantitative estimate of drug-likeness (QED) is 0.228. The topological polar surface area (TPSA) is 82.2 Å². The maximum atomic E-state index is 13.2. The smallest absolute Gasteiger partial charge is 0.263 e. The summed E-state index contributed by atoms with van der Waals surface area (Å²) in [6.07, 6.45) is 0. The van der Waals surface area contributed by atoms with Crippen LogP contribution in [0.4, 0.5) is 11.4 Å². The van der Waals surface area contributed by atoms with Crippen LogP contribution in [-0.4, -0.2) is 35.2 Å². The Balaban J connectivity index is 1.69. The number of benzene rings is 1. The molecule has 0 atom stereocenters. The molecule has 1 aliphatic rings. The van der Waals surface area contributed by atoms with E-state index in [-0.39, 0.29) is 28.7 Å². The Labute approximate surface area is 201 Å². The molecule has 0 amide bonds. The van der Waals surface area contributed by atoms with Crippen LogP contribution in [0.25, 0.3) is 10.2 Å². The van der Waals surface area contributed by atoms with E-state index >= 15 is 0 Å². The third-order valence-electron chi connectivity index (χ3n) is 5.91. The van der Waals surface area contributed by atoms with E-state index in [1.807, 2.05) is 75.9 Å². The van der Waals surface area contributed by atoms with Gasteiger partial charge >= 0.3 is 0 Å². The van der Waals surface area contributed by atoms with Gasteiger partial charge in [0.25, 0.3) is 5.56 Å². The number of nitrogens with zero attached hydrogens (tertiary/aromatic N) is 5. The van der Waals surface area contributed by atoms with Gasteiger partial charge in [-0.3, -0.25) is 14.2 Å². The monoisotopic (exact) mass is 479 g/mol. The maximum absolute atomic E-state index is 13.2. The molecule has 0 radical (unpaired) electrons. The molecular weight excluding hydrogens is 454 g/mol. The molecule has 1 aliphatic heterocycles. The fourth-order valence-electron chi connectivity index (χ4n) is 4.10. The van der Waals surface area contributed by atoms with Crippen LogP contribution < -0.4 is 15.4 Å². The number of allylic oxidation sites excluding steroid dienone is 1. The first-order chi connectivity index (χ1) is 15.7. The van der Waals surface area contributed by atoms with Gasteiger partial charge in [-0.1, -0.05) is 23.9 Å². The first-order valence-corrected chi connectivity index (χ1v) is 12.4. The summed E-state index contributed by atoms with van der Waals surface area (Å²) in [5.74, 6) is 0.268. The van der Waals surface area contributed by atoms with E-state index in [0.29, 0.717) is 21.2 Å². The predicted octanol–water partition coefficient (Wildman–Crippen LogP) is 4.64. The minimum absolute atomic E-state index is 0.0123. The highest BCUT2D eigenvalue weighted by Crippen LogP contribution is 2.40. The van der Waals surface area contributed by atoms with E-state index in [1.54, 1.807) is 4.57 Å². The molecule has 3 aromatic rings. The molecule has 0 bridgehead atoms. The van der Waals surface area contributed by atoms with E-state index in [9.17, 15) is 14.9 Å². The molecule has 9 heteroatoms. The number of aromatic nitrogens is 2.